The second-order valence-electron chi connectivity index (χ2n) is 5.78. The van der Waals surface area contributed by atoms with Crippen LogP contribution in [0.15, 0.2) is 53.5 Å². The lowest BCUT2D eigenvalue weighted by Crippen LogP contribution is -2.36. The third-order valence-electron chi connectivity index (χ3n) is 3.61. The molecular formula is C20H27IN4O2. The third kappa shape index (κ3) is 8.29. The Hall–Kier alpha value is -2.29. The summed E-state index contributed by atoms with van der Waals surface area (Å²) in [7, 11) is 1.66. The molecule has 2 aromatic carbocycles. The zero-order valence-corrected chi connectivity index (χ0v) is 18.2. The van der Waals surface area contributed by atoms with Gasteiger partial charge in [0.05, 0.1) is 13.7 Å². The van der Waals surface area contributed by atoms with E-state index in [0.717, 1.165) is 35.1 Å². The van der Waals surface area contributed by atoms with E-state index in [2.05, 4.69) is 20.9 Å². The van der Waals surface area contributed by atoms with Crippen LogP contribution >= 0.6 is 24.0 Å². The molecule has 2 rings (SSSR count). The number of ether oxygens (including phenoxy) is 1. The topological polar surface area (TPSA) is 74.8 Å². The summed E-state index contributed by atoms with van der Waals surface area (Å²) in [6.45, 7) is 5.46. The van der Waals surface area contributed by atoms with E-state index < -0.39 is 0 Å². The van der Waals surface area contributed by atoms with Crippen molar-refractivity contribution < 1.29 is 9.53 Å². The number of anilines is 1. The number of halogens is 1. The fourth-order valence-electron chi connectivity index (χ4n) is 2.43. The number of nitrogens with zero attached hydrogens (tertiary/aromatic N) is 1. The van der Waals surface area contributed by atoms with Crippen LogP contribution in [0, 0.1) is 0 Å². The summed E-state index contributed by atoms with van der Waals surface area (Å²) in [5.41, 5.74) is 2.91. The first-order chi connectivity index (χ1) is 12.6. The molecule has 0 heterocycles. The van der Waals surface area contributed by atoms with E-state index in [1.54, 1.807) is 7.11 Å². The molecule has 6 nitrogen and oxygen atoms in total. The molecule has 0 aliphatic carbocycles. The van der Waals surface area contributed by atoms with Gasteiger partial charge in [-0.25, -0.2) is 4.99 Å². The minimum atomic E-state index is -0.0843. The number of hydrogen-bond donors (Lipinski definition) is 3. The van der Waals surface area contributed by atoms with E-state index in [0.29, 0.717) is 13.1 Å². The Balaban J connectivity index is 0.00000364. The molecule has 0 bridgehead atoms. The summed E-state index contributed by atoms with van der Waals surface area (Å²) < 4.78 is 5.25. The number of rotatable bonds is 7. The molecule has 0 aromatic heterocycles. The minimum Gasteiger partial charge on any atom is -0.497 e. The molecule has 7 heteroatoms. The SMILES string of the molecule is CCNC(=NCc1cccc(NC(C)=O)c1)NCc1cccc(OC)c1.I. The molecule has 2 aromatic rings. The first-order valence-corrected chi connectivity index (χ1v) is 8.62. The fourth-order valence-corrected chi connectivity index (χ4v) is 2.43. The lowest BCUT2D eigenvalue weighted by Gasteiger charge is -2.12. The van der Waals surface area contributed by atoms with Crippen molar-refractivity contribution >= 4 is 41.5 Å². The molecule has 0 atom stereocenters. The first kappa shape index (κ1) is 22.8. The van der Waals surface area contributed by atoms with Crippen molar-refractivity contribution in [2.24, 2.45) is 4.99 Å². The Morgan fingerprint density at radius 1 is 1.07 bits per heavy atom. The molecule has 0 fully saturated rings. The maximum absolute atomic E-state index is 11.2. The van der Waals surface area contributed by atoms with Gasteiger partial charge in [-0.15, -0.1) is 24.0 Å². The summed E-state index contributed by atoms with van der Waals surface area (Å²) in [5.74, 6) is 1.49. The molecule has 0 unspecified atom stereocenters. The highest BCUT2D eigenvalue weighted by molar-refractivity contribution is 14.0. The number of amides is 1. The van der Waals surface area contributed by atoms with Gasteiger partial charge in [-0.3, -0.25) is 4.79 Å². The van der Waals surface area contributed by atoms with Crippen molar-refractivity contribution in [3.63, 3.8) is 0 Å². The van der Waals surface area contributed by atoms with E-state index in [1.807, 2.05) is 55.5 Å². The number of benzene rings is 2. The molecule has 0 saturated heterocycles. The molecule has 0 aliphatic heterocycles. The number of hydrogen-bond acceptors (Lipinski definition) is 3. The predicted molar refractivity (Wildman–Crippen MR) is 121 cm³/mol. The van der Waals surface area contributed by atoms with Crippen molar-refractivity contribution in [2.75, 3.05) is 19.0 Å². The summed E-state index contributed by atoms with van der Waals surface area (Å²) in [4.78, 5) is 15.8. The smallest absolute Gasteiger partial charge is 0.221 e. The Morgan fingerprint density at radius 2 is 1.81 bits per heavy atom. The minimum absolute atomic E-state index is 0. The first-order valence-electron chi connectivity index (χ1n) is 8.62. The third-order valence-corrected chi connectivity index (χ3v) is 3.61. The highest BCUT2D eigenvalue weighted by Crippen LogP contribution is 2.13. The van der Waals surface area contributed by atoms with Gasteiger partial charge in [0.1, 0.15) is 5.75 Å². The van der Waals surface area contributed by atoms with Gasteiger partial charge < -0.3 is 20.7 Å². The normalized spacial score (nSPS) is 10.6. The van der Waals surface area contributed by atoms with Gasteiger partial charge in [-0.2, -0.15) is 0 Å². The van der Waals surface area contributed by atoms with E-state index in [9.17, 15) is 4.79 Å². The van der Waals surface area contributed by atoms with Crippen molar-refractivity contribution in [1.29, 1.82) is 0 Å². The molecule has 27 heavy (non-hydrogen) atoms. The van der Waals surface area contributed by atoms with Gasteiger partial charge in [-0.1, -0.05) is 24.3 Å². The zero-order valence-electron chi connectivity index (χ0n) is 15.9. The van der Waals surface area contributed by atoms with Crippen LogP contribution in [0.5, 0.6) is 5.75 Å². The van der Waals surface area contributed by atoms with Gasteiger partial charge in [0.2, 0.25) is 5.91 Å². The number of carbonyl (C=O) groups is 1. The molecule has 0 spiro atoms. The number of aliphatic imine (C=N–C) groups is 1. The van der Waals surface area contributed by atoms with Crippen LogP contribution in [0.2, 0.25) is 0 Å². The largest absolute Gasteiger partial charge is 0.497 e. The van der Waals surface area contributed by atoms with Gasteiger partial charge in [-0.05, 0) is 42.3 Å². The van der Waals surface area contributed by atoms with E-state index in [1.165, 1.54) is 6.92 Å². The van der Waals surface area contributed by atoms with Crippen molar-refractivity contribution in [2.45, 2.75) is 26.9 Å². The molecular weight excluding hydrogens is 455 g/mol. The van der Waals surface area contributed by atoms with Crippen LogP contribution in [-0.4, -0.2) is 25.5 Å². The van der Waals surface area contributed by atoms with Gasteiger partial charge in [0.25, 0.3) is 0 Å². The van der Waals surface area contributed by atoms with Crippen LogP contribution in [0.25, 0.3) is 0 Å². The number of guanidine groups is 1. The molecule has 0 radical (unpaired) electrons. The fraction of sp³-hybridized carbons (Fsp3) is 0.300. The Bertz CT molecular complexity index is 765. The van der Waals surface area contributed by atoms with Crippen LogP contribution < -0.4 is 20.7 Å². The van der Waals surface area contributed by atoms with Crippen LogP contribution in [0.4, 0.5) is 5.69 Å². The van der Waals surface area contributed by atoms with E-state index in [4.69, 9.17) is 4.74 Å². The number of carbonyl (C=O) groups excluding carboxylic acids is 1. The Labute approximate surface area is 177 Å². The maximum atomic E-state index is 11.2. The highest BCUT2D eigenvalue weighted by atomic mass is 127. The summed E-state index contributed by atoms with van der Waals surface area (Å²) >= 11 is 0. The van der Waals surface area contributed by atoms with Crippen LogP contribution in [0.1, 0.15) is 25.0 Å². The van der Waals surface area contributed by atoms with E-state index >= 15 is 0 Å². The lowest BCUT2D eigenvalue weighted by atomic mass is 10.2. The molecule has 0 aliphatic rings. The molecule has 146 valence electrons. The van der Waals surface area contributed by atoms with Crippen LogP contribution in [0.3, 0.4) is 0 Å². The average molecular weight is 482 g/mol. The van der Waals surface area contributed by atoms with Crippen molar-refractivity contribution in [3.05, 3.63) is 59.7 Å². The summed E-state index contributed by atoms with van der Waals surface area (Å²) in [5, 5.41) is 9.34. The molecule has 1 amide bonds. The summed E-state index contributed by atoms with van der Waals surface area (Å²) in [6.07, 6.45) is 0. The number of methoxy groups -OCH3 is 1. The lowest BCUT2D eigenvalue weighted by molar-refractivity contribution is -0.114. The Kier molecular flexibility index (Phi) is 10.2. The van der Waals surface area contributed by atoms with Gasteiger partial charge in [0, 0.05) is 25.7 Å². The summed E-state index contributed by atoms with van der Waals surface area (Å²) in [6, 6.07) is 15.6. The molecule has 3 N–H and O–H groups in total. The zero-order chi connectivity index (χ0) is 18.8. The average Bonchev–Trinajstić information content (AvgIpc) is 2.64. The van der Waals surface area contributed by atoms with E-state index in [-0.39, 0.29) is 29.9 Å². The second kappa shape index (κ2) is 12.2. The van der Waals surface area contributed by atoms with Crippen molar-refractivity contribution in [3.8, 4) is 5.75 Å². The monoisotopic (exact) mass is 482 g/mol. The van der Waals surface area contributed by atoms with Gasteiger partial charge >= 0.3 is 0 Å². The molecule has 0 saturated carbocycles. The second-order valence-corrected chi connectivity index (χ2v) is 5.78. The Morgan fingerprint density at radius 3 is 2.52 bits per heavy atom. The number of nitrogens with one attached hydrogen (secondary N) is 3. The predicted octanol–water partition coefficient (Wildman–Crippen LogP) is 3.53. The quantitative estimate of drug-likeness (QED) is 0.321. The van der Waals surface area contributed by atoms with Crippen LogP contribution in [-0.2, 0) is 17.9 Å². The van der Waals surface area contributed by atoms with Crippen molar-refractivity contribution in [1.82, 2.24) is 10.6 Å². The standard InChI is InChI=1S/C20H26N4O2.HI/c1-4-21-20(23-14-17-8-6-10-19(12-17)26-3)22-13-16-7-5-9-18(11-16)24-15(2)25;/h5-12H,4,13-14H2,1-3H3,(H,24,25)(H2,21,22,23);1H. The van der Waals surface area contributed by atoms with Gasteiger partial charge in [0.15, 0.2) is 5.96 Å². The highest BCUT2D eigenvalue weighted by Gasteiger charge is 2.01. The maximum Gasteiger partial charge on any atom is 0.221 e.